The lowest BCUT2D eigenvalue weighted by molar-refractivity contribution is 0.0738. The van der Waals surface area contributed by atoms with Crippen LogP contribution in [0.25, 0.3) is 10.4 Å². The highest BCUT2D eigenvalue weighted by Crippen LogP contribution is 2.38. The van der Waals surface area contributed by atoms with Crippen molar-refractivity contribution in [2.45, 2.75) is 12.3 Å². The van der Waals surface area contributed by atoms with Crippen molar-refractivity contribution in [3.63, 3.8) is 0 Å². The summed E-state index contributed by atoms with van der Waals surface area (Å²) in [5.74, 6) is 0.0725. The number of aromatic nitrogens is 1. The van der Waals surface area contributed by atoms with Crippen LogP contribution < -0.4 is 15.4 Å². The van der Waals surface area contributed by atoms with Crippen LogP contribution in [0.3, 0.4) is 0 Å². The maximum Gasteiger partial charge on any atom is 0.354 e. The van der Waals surface area contributed by atoms with Gasteiger partial charge in [0.05, 0.1) is 5.51 Å². The SMILES string of the molecule is O=C(Nc1ccc(-c2cc(C3C=CNCC3)c(C(=O)Oc3ccccc3)s2)cc1)c1cscn1. The van der Waals surface area contributed by atoms with E-state index < -0.39 is 0 Å². The Morgan fingerprint density at radius 1 is 1.09 bits per heavy atom. The predicted molar refractivity (Wildman–Crippen MR) is 136 cm³/mol. The van der Waals surface area contributed by atoms with Crippen LogP contribution in [0.5, 0.6) is 5.75 Å². The summed E-state index contributed by atoms with van der Waals surface area (Å²) in [5, 5.41) is 7.78. The third kappa shape index (κ3) is 4.93. The number of hydrogen-bond acceptors (Lipinski definition) is 7. The number of thiazole rings is 1. The number of carbonyl (C=O) groups is 2. The molecule has 1 aliphatic heterocycles. The minimum atomic E-state index is -0.350. The Labute approximate surface area is 204 Å². The second-order valence-corrected chi connectivity index (χ2v) is 9.48. The molecule has 0 saturated heterocycles. The summed E-state index contributed by atoms with van der Waals surface area (Å²) in [7, 11) is 0. The van der Waals surface area contributed by atoms with Gasteiger partial charge in [-0.25, -0.2) is 9.78 Å². The summed E-state index contributed by atoms with van der Waals surface area (Å²) in [6.07, 6.45) is 4.93. The second kappa shape index (κ2) is 10.0. The number of benzene rings is 2. The predicted octanol–water partition coefficient (Wildman–Crippen LogP) is 5.93. The average Bonchev–Trinajstić information content (AvgIpc) is 3.57. The van der Waals surface area contributed by atoms with Crippen molar-refractivity contribution in [3.8, 4) is 16.2 Å². The highest BCUT2D eigenvalue weighted by atomic mass is 32.1. The number of carbonyl (C=O) groups excluding carboxylic acids is 2. The van der Waals surface area contributed by atoms with Crippen LogP contribution in [0.2, 0.25) is 0 Å². The lowest BCUT2D eigenvalue weighted by atomic mass is 9.93. The van der Waals surface area contributed by atoms with Crippen molar-refractivity contribution >= 4 is 40.2 Å². The lowest BCUT2D eigenvalue weighted by Gasteiger charge is -2.17. The minimum Gasteiger partial charge on any atom is -0.422 e. The highest BCUT2D eigenvalue weighted by Gasteiger charge is 2.24. The van der Waals surface area contributed by atoms with Gasteiger partial charge in [-0.2, -0.15) is 0 Å². The van der Waals surface area contributed by atoms with Gasteiger partial charge in [0.15, 0.2) is 0 Å². The van der Waals surface area contributed by atoms with Gasteiger partial charge in [-0.1, -0.05) is 36.4 Å². The molecule has 170 valence electrons. The van der Waals surface area contributed by atoms with E-state index >= 15 is 0 Å². The number of rotatable bonds is 6. The summed E-state index contributed by atoms with van der Waals surface area (Å²) in [5.41, 5.74) is 4.65. The molecule has 0 aliphatic carbocycles. The summed E-state index contributed by atoms with van der Waals surface area (Å²) in [6.45, 7) is 0.854. The largest absolute Gasteiger partial charge is 0.422 e. The molecule has 34 heavy (non-hydrogen) atoms. The molecular formula is C26H21N3O3S2. The summed E-state index contributed by atoms with van der Waals surface area (Å²) >= 11 is 2.81. The zero-order chi connectivity index (χ0) is 23.3. The van der Waals surface area contributed by atoms with Crippen LogP contribution >= 0.6 is 22.7 Å². The molecule has 8 heteroatoms. The number of allylic oxidation sites excluding steroid dienone is 1. The van der Waals surface area contributed by atoms with Crippen molar-refractivity contribution in [3.05, 3.63) is 100.0 Å². The van der Waals surface area contributed by atoms with Gasteiger partial charge < -0.3 is 15.4 Å². The van der Waals surface area contributed by atoms with Gasteiger partial charge in [-0.3, -0.25) is 4.79 Å². The number of para-hydroxylation sites is 1. The molecule has 0 fully saturated rings. The zero-order valence-corrected chi connectivity index (χ0v) is 19.7. The van der Waals surface area contributed by atoms with E-state index in [0.717, 1.165) is 29.0 Å². The van der Waals surface area contributed by atoms with Gasteiger partial charge in [0.2, 0.25) is 0 Å². The minimum absolute atomic E-state index is 0.140. The molecule has 6 nitrogen and oxygen atoms in total. The maximum atomic E-state index is 13.1. The maximum absolute atomic E-state index is 13.1. The van der Waals surface area contributed by atoms with Crippen LogP contribution in [-0.2, 0) is 0 Å². The van der Waals surface area contributed by atoms with Crippen LogP contribution in [0.1, 0.15) is 38.1 Å². The van der Waals surface area contributed by atoms with Gasteiger partial charge in [0, 0.05) is 28.4 Å². The summed E-state index contributed by atoms with van der Waals surface area (Å²) in [6, 6.07) is 18.8. The van der Waals surface area contributed by atoms with Crippen LogP contribution in [0.4, 0.5) is 5.69 Å². The highest BCUT2D eigenvalue weighted by molar-refractivity contribution is 7.17. The Balaban J connectivity index is 1.41. The third-order valence-corrected chi connectivity index (χ3v) is 7.20. The fraction of sp³-hybridized carbons (Fsp3) is 0.115. The number of amides is 1. The first-order valence-corrected chi connectivity index (χ1v) is 12.5. The molecule has 0 radical (unpaired) electrons. The number of nitrogens with zero attached hydrogens (tertiary/aromatic N) is 1. The third-order valence-electron chi connectivity index (χ3n) is 5.44. The average molecular weight is 488 g/mol. The number of thiophene rings is 1. The molecular weight excluding hydrogens is 466 g/mol. The first-order valence-electron chi connectivity index (χ1n) is 10.8. The molecule has 1 aliphatic rings. The zero-order valence-electron chi connectivity index (χ0n) is 18.1. The fourth-order valence-corrected chi connectivity index (χ4v) is 5.37. The molecule has 2 aromatic carbocycles. The second-order valence-electron chi connectivity index (χ2n) is 7.71. The van der Waals surface area contributed by atoms with E-state index in [0.29, 0.717) is 22.0 Å². The molecule has 2 N–H and O–H groups in total. The van der Waals surface area contributed by atoms with E-state index in [2.05, 4.69) is 27.8 Å². The van der Waals surface area contributed by atoms with Crippen molar-refractivity contribution in [2.24, 2.45) is 0 Å². The van der Waals surface area contributed by atoms with E-state index in [-0.39, 0.29) is 17.8 Å². The van der Waals surface area contributed by atoms with Gasteiger partial charge >= 0.3 is 5.97 Å². The van der Waals surface area contributed by atoms with Crippen molar-refractivity contribution in [2.75, 3.05) is 11.9 Å². The summed E-state index contributed by atoms with van der Waals surface area (Å²) < 4.78 is 5.66. The van der Waals surface area contributed by atoms with Crippen molar-refractivity contribution in [1.29, 1.82) is 0 Å². The Hall–Kier alpha value is -3.75. The van der Waals surface area contributed by atoms with Gasteiger partial charge in [0.25, 0.3) is 5.91 Å². The van der Waals surface area contributed by atoms with Gasteiger partial charge in [0.1, 0.15) is 16.3 Å². The van der Waals surface area contributed by atoms with Crippen LogP contribution in [0, 0.1) is 0 Å². The topological polar surface area (TPSA) is 80.3 Å². The first kappa shape index (κ1) is 22.1. The van der Waals surface area contributed by atoms with E-state index in [9.17, 15) is 9.59 Å². The Kier molecular flexibility index (Phi) is 6.51. The van der Waals surface area contributed by atoms with E-state index in [4.69, 9.17) is 4.74 Å². The monoisotopic (exact) mass is 487 g/mol. The molecule has 0 bridgehead atoms. The molecule has 4 aromatic rings. The first-order chi connectivity index (χ1) is 16.7. The number of nitrogens with one attached hydrogen (secondary N) is 2. The van der Waals surface area contributed by atoms with Crippen molar-refractivity contribution < 1.29 is 14.3 Å². The Morgan fingerprint density at radius 2 is 1.91 bits per heavy atom. The number of anilines is 1. The van der Waals surface area contributed by atoms with E-state index in [1.54, 1.807) is 23.0 Å². The number of ether oxygens (including phenoxy) is 1. The molecule has 2 aromatic heterocycles. The molecule has 0 saturated carbocycles. The van der Waals surface area contributed by atoms with E-state index in [1.165, 1.54) is 22.7 Å². The van der Waals surface area contributed by atoms with Crippen LogP contribution in [0.15, 0.2) is 83.8 Å². The van der Waals surface area contributed by atoms with Crippen molar-refractivity contribution in [1.82, 2.24) is 10.3 Å². The van der Waals surface area contributed by atoms with Crippen LogP contribution in [-0.4, -0.2) is 23.4 Å². The molecule has 1 unspecified atom stereocenters. The van der Waals surface area contributed by atoms with Gasteiger partial charge in [-0.05, 0) is 54.1 Å². The number of esters is 1. The summed E-state index contributed by atoms with van der Waals surface area (Å²) in [4.78, 5) is 31.0. The molecule has 3 heterocycles. The standard InChI is InChI=1S/C26H21N3O3S2/c30-25(22-15-33-16-28-22)29-19-8-6-18(7-9-19)23-14-21(17-10-12-27-13-11-17)24(34-23)26(31)32-20-4-2-1-3-5-20/h1-10,12,14-17,27H,11,13H2,(H,29,30). The fourth-order valence-electron chi connectivity index (χ4n) is 3.72. The number of hydrogen-bond donors (Lipinski definition) is 2. The molecule has 0 spiro atoms. The van der Waals surface area contributed by atoms with Gasteiger partial charge in [-0.15, -0.1) is 22.7 Å². The molecule has 1 atom stereocenters. The lowest BCUT2D eigenvalue weighted by Crippen LogP contribution is -2.18. The Morgan fingerprint density at radius 3 is 2.62 bits per heavy atom. The molecule has 5 rings (SSSR count). The molecule has 1 amide bonds. The Bertz CT molecular complexity index is 1310. The quantitative estimate of drug-likeness (QED) is 0.260. The van der Waals surface area contributed by atoms with E-state index in [1.807, 2.05) is 48.7 Å². The smallest absolute Gasteiger partial charge is 0.354 e. The normalized spacial score (nSPS) is 14.9.